The Hall–Kier alpha value is -1.69. The molecule has 0 bridgehead atoms. The molecule has 1 fully saturated rings. The van der Waals surface area contributed by atoms with Gasteiger partial charge in [0.1, 0.15) is 5.82 Å². The van der Waals surface area contributed by atoms with Crippen molar-refractivity contribution in [1.82, 2.24) is 10.2 Å². The van der Waals surface area contributed by atoms with Crippen molar-refractivity contribution in [3.05, 3.63) is 17.8 Å². The van der Waals surface area contributed by atoms with Crippen molar-refractivity contribution in [2.75, 3.05) is 12.4 Å². The Balaban J connectivity index is 2.01. The van der Waals surface area contributed by atoms with Gasteiger partial charge in [-0.2, -0.15) is 0 Å². The molecule has 2 rings (SSSR count). The van der Waals surface area contributed by atoms with Crippen LogP contribution in [0.3, 0.4) is 0 Å². The molecule has 1 heterocycles. The summed E-state index contributed by atoms with van der Waals surface area (Å²) in [7, 11) is 1.71. The molecule has 0 amide bonds. The van der Waals surface area contributed by atoms with Gasteiger partial charge in [0.15, 0.2) is 5.69 Å². The number of carboxylic acid groups (broad SMARTS) is 1. The quantitative estimate of drug-likeness (QED) is 0.841. The van der Waals surface area contributed by atoms with Gasteiger partial charge in [0.05, 0.1) is 6.10 Å². The number of nitrogens with one attached hydrogen (secondary N) is 1. The Labute approximate surface area is 105 Å². The molecule has 6 nitrogen and oxygen atoms in total. The highest BCUT2D eigenvalue weighted by Gasteiger charge is 2.48. The van der Waals surface area contributed by atoms with Crippen LogP contribution in [0.1, 0.15) is 30.8 Å². The zero-order valence-corrected chi connectivity index (χ0v) is 10.7. The summed E-state index contributed by atoms with van der Waals surface area (Å²) in [6.07, 6.45) is 1.15. The van der Waals surface area contributed by atoms with E-state index in [0.717, 1.165) is 6.42 Å². The van der Waals surface area contributed by atoms with Gasteiger partial charge >= 0.3 is 5.97 Å². The van der Waals surface area contributed by atoms with Crippen molar-refractivity contribution in [3.63, 3.8) is 0 Å². The molecule has 1 saturated carbocycles. The molecule has 2 atom stereocenters. The second-order valence-electron chi connectivity index (χ2n) is 5.09. The van der Waals surface area contributed by atoms with E-state index in [2.05, 4.69) is 29.4 Å². The van der Waals surface area contributed by atoms with Gasteiger partial charge in [-0.25, -0.2) is 4.79 Å². The molecule has 18 heavy (non-hydrogen) atoms. The Morgan fingerprint density at radius 3 is 2.67 bits per heavy atom. The zero-order chi connectivity index (χ0) is 13.3. The first-order valence-electron chi connectivity index (χ1n) is 5.81. The van der Waals surface area contributed by atoms with Crippen molar-refractivity contribution in [2.24, 2.45) is 5.41 Å². The summed E-state index contributed by atoms with van der Waals surface area (Å²) >= 11 is 0. The maximum atomic E-state index is 10.6. The monoisotopic (exact) mass is 251 g/mol. The second-order valence-corrected chi connectivity index (χ2v) is 5.09. The molecule has 0 saturated heterocycles. The van der Waals surface area contributed by atoms with Crippen LogP contribution in [-0.2, 0) is 4.74 Å². The van der Waals surface area contributed by atoms with Crippen LogP contribution in [0.5, 0.6) is 0 Å². The van der Waals surface area contributed by atoms with Crippen LogP contribution in [0.15, 0.2) is 12.1 Å². The molecule has 2 N–H and O–H groups in total. The third-order valence-corrected chi connectivity index (χ3v) is 3.67. The molecule has 1 aliphatic carbocycles. The normalized spacial score (nSPS) is 25.3. The van der Waals surface area contributed by atoms with Crippen molar-refractivity contribution >= 4 is 11.8 Å². The van der Waals surface area contributed by atoms with E-state index >= 15 is 0 Å². The summed E-state index contributed by atoms with van der Waals surface area (Å²) in [6, 6.07) is 3.33. The molecule has 0 spiro atoms. The number of anilines is 1. The lowest BCUT2D eigenvalue weighted by Gasteiger charge is -2.51. The van der Waals surface area contributed by atoms with Crippen LogP contribution >= 0.6 is 0 Å². The molecule has 0 aliphatic heterocycles. The number of rotatable bonds is 4. The maximum absolute atomic E-state index is 10.6. The topological polar surface area (TPSA) is 84.3 Å². The number of hydrogen-bond donors (Lipinski definition) is 2. The third kappa shape index (κ3) is 2.15. The SMILES string of the molecule is COC1CC(Nc2ccc(C(=O)O)nn2)C1(C)C. The summed E-state index contributed by atoms with van der Waals surface area (Å²) in [5.41, 5.74) is -0.0229. The maximum Gasteiger partial charge on any atom is 0.356 e. The van der Waals surface area contributed by atoms with Gasteiger partial charge < -0.3 is 15.2 Å². The number of carbonyl (C=O) groups is 1. The fourth-order valence-electron chi connectivity index (χ4n) is 2.23. The standard InChI is InChI=1S/C12H17N3O3/c1-12(2)8(6-9(12)18-3)13-10-5-4-7(11(16)17)14-15-10/h4-5,8-9H,6H2,1-3H3,(H,13,15)(H,16,17). The van der Waals surface area contributed by atoms with E-state index < -0.39 is 5.97 Å². The number of aromatic nitrogens is 2. The molecule has 0 radical (unpaired) electrons. The minimum atomic E-state index is -1.07. The number of hydrogen-bond acceptors (Lipinski definition) is 5. The summed E-state index contributed by atoms with van der Waals surface area (Å²) in [4.78, 5) is 10.6. The molecule has 0 aromatic carbocycles. The van der Waals surface area contributed by atoms with E-state index in [9.17, 15) is 4.79 Å². The smallest absolute Gasteiger partial charge is 0.356 e. The van der Waals surface area contributed by atoms with Crippen LogP contribution < -0.4 is 5.32 Å². The first-order chi connectivity index (χ1) is 8.45. The lowest BCUT2D eigenvalue weighted by atomic mass is 9.64. The Bertz CT molecular complexity index is 444. The van der Waals surface area contributed by atoms with E-state index in [-0.39, 0.29) is 23.3 Å². The van der Waals surface area contributed by atoms with Gasteiger partial charge in [0, 0.05) is 18.6 Å². The van der Waals surface area contributed by atoms with Gasteiger partial charge in [-0.05, 0) is 18.6 Å². The lowest BCUT2D eigenvalue weighted by Crippen LogP contribution is -2.57. The van der Waals surface area contributed by atoms with Crippen molar-refractivity contribution in [1.29, 1.82) is 0 Å². The van der Waals surface area contributed by atoms with Gasteiger partial charge in [-0.15, -0.1) is 10.2 Å². The molecule has 6 heteroatoms. The predicted octanol–water partition coefficient (Wildman–Crippen LogP) is 1.40. The highest BCUT2D eigenvalue weighted by Crippen LogP contribution is 2.43. The third-order valence-electron chi connectivity index (χ3n) is 3.67. The largest absolute Gasteiger partial charge is 0.476 e. The van der Waals surface area contributed by atoms with E-state index in [1.165, 1.54) is 6.07 Å². The minimum Gasteiger partial charge on any atom is -0.476 e. The average molecular weight is 251 g/mol. The Morgan fingerprint density at radius 2 is 2.22 bits per heavy atom. The van der Waals surface area contributed by atoms with E-state index in [4.69, 9.17) is 9.84 Å². The Morgan fingerprint density at radius 1 is 1.50 bits per heavy atom. The molecular weight excluding hydrogens is 234 g/mol. The summed E-state index contributed by atoms with van der Waals surface area (Å²) in [5, 5.41) is 19.5. The van der Waals surface area contributed by atoms with Crippen molar-refractivity contribution in [3.8, 4) is 0 Å². The Kier molecular flexibility index (Phi) is 3.21. The number of nitrogens with zero attached hydrogens (tertiary/aromatic N) is 2. The summed E-state index contributed by atoms with van der Waals surface area (Å²) in [6.45, 7) is 4.25. The molecular formula is C12H17N3O3. The molecule has 1 aromatic heterocycles. The van der Waals surface area contributed by atoms with Gasteiger partial charge in [0.25, 0.3) is 0 Å². The molecule has 98 valence electrons. The zero-order valence-electron chi connectivity index (χ0n) is 10.7. The average Bonchev–Trinajstić information content (AvgIpc) is 2.34. The predicted molar refractivity (Wildman–Crippen MR) is 65.6 cm³/mol. The number of methoxy groups -OCH3 is 1. The number of ether oxygens (including phenoxy) is 1. The van der Waals surface area contributed by atoms with Gasteiger partial charge in [0.2, 0.25) is 0 Å². The highest BCUT2D eigenvalue weighted by atomic mass is 16.5. The fraction of sp³-hybridized carbons (Fsp3) is 0.583. The van der Waals surface area contributed by atoms with Crippen LogP contribution in [0.4, 0.5) is 5.82 Å². The van der Waals surface area contributed by atoms with Crippen molar-refractivity contribution < 1.29 is 14.6 Å². The molecule has 1 aliphatic rings. The lowest BCUT2D eigenvalue weighted by molar-refractivity contribution is -0.0795. The summed E-state index contributed by atoms with van der Waals surface area (Å²) in [5.74, 6) is -0.481. The van der Waals surface area contributed by atoms with E-state index in [0.29, 0.717) is 5.82 Å². The van der Waals surface area contributed by atoms with Crippen LogP contribution in [0.2, 0.25) is 0 Å². The first kappa shape index (κ1) is 12.8. The van der Waals surface area contributed by atoms with Crippen LogP contribution in [0.25, 0.3) is 0 Å². The van der Waals surface area contributed by atoms with Crippen LogP contribution in [-0.4, -0.2) is 40.5 Å². The molecule has 1 aromatic rings. The van der Waals surface area contributed by atoms with Gasteiger partial charge in [-0.3, -0.25) is 0 Å². The molecule has 2 unspecified atom stereocenters. The summed E-state index contributed by atoms with van der Waals surface area (Å²) < 4.78 is 5.37. The van der Waals surface area contributed by atoms with Crippen LogP contribution in [0, 0.1) is 5.41 Å². The van der Waals surface area contributed by atoms with Gasteiger partial charge in [-0.1, -0.05) is 13.8 Å². The van der Waals surface area contributed by atoms with E-state index in [1.54, 1.807) is 13.2 Å². The fourth-order valence-corrected chi connectivity index (χ4v) is 2.23. The number of carboxylic acids is 1. The first-order valence-corrected chi connectivity index (χ1v) is 5.81. The van der Waals surface area contributed by atoms with E-state index in [1.807, 2.05) is 0 Å². The minimum absolute atomic E-state index is 0.0297. The second kappa shape index (κ2) is 4.53. The van der Waals surface area contributed by atoms with Crippen molar-refractivity contribution in [2.45, 2.75) is 32.4 Å². The highest BCUT2D eigenvalue weighted by molar-refractivity contribution is 5.85. The number of aromatic carboxylic acids is 1.